The van der Waals surface area contributed by atoms with Crippen LogP contribution in [0.25, 0.3) is 0 Å². The molecule has 9 heteroatoms. The third-order valence-corrected chi connectivity index (χ3v) is 3.51. The first-order chi connectivity index (χ1) is 13.0. The van der Waals surface area contributed by atoms with E-state index < -0.39 is 24.3 Å². The van der Waals surface area contributed by atoms with E-state index in [4.69, 9.17) is 9.47 Å². The van der Waals surface area contributed by atoms with E-state index in [1.165, 1.54) is 12.1 Å². The standard InChI is InChI=1S/C18H29N3O6/c1-3-5-10-26-16(24)11-20-18(25)21-17(19-4-2)15(23)12-27-14-8-6-13(22)7-9-14/h6-9,15,17,19,22-23H,3-5,10-12H2,1-2H3,(H2,20,21,25). The lowest BCUT2D eigenvalue weighted by atomic mass is 10.2. The lowest BCUT2D eigenvalue weighted by molar-refractivity contribution is -0.142. The number of likely N-dealkylation sites (N-methyl/N-ethyl adjacent to an activating group) is 1. The highest BCUT2D eigenvalue weighted by atomic mass is 16.5. The zero-order valence-corrected chi connectivity index (χ0v) is 15.7. The summed E-state index contributed by atoms with van der Waals surface area (Å²) in [4.78, 5) is 23.4. The summed E-state index contributed by atoms with van der Waals surface area (Å²) >= 11 is 0. The van der Waals surface area contributed by atoms with Gasteiger partial charge < -0.3 is 30.3 Å². The second-order valence-corrected chi connectivity index (χ2v) is 5.81. The second kappa shape index (κ2) is 12.8. The SMILES string of the molecule is CCCCOC(=O)CNC(=O)NC(NCC)C(O)COc1ccc(O)cc1. The number of nitrogens with one attached hydrogen (secondary N) is 3. The Bertz CT molecular complexity index is 567. The molecule has 0 saturated heterocycles. The van der Waals surface area contributed by atoms with E-state index in [0.717, 1.165) is 12.8 Å². The molecule has 152 valence electrons. The predicted octanol–water partition coefficient (Wildman–Crippen LogP) is 0.710. The van der Waals surface area contributed by atoms with Crippen LogP contribution in [-0.4, -0.2) is 60.8 Å². The highest BCUT2D eigenvalue weighted by Gasteiger charge is 2.21. The zero-order valence-electron chi connectivity index (χ0n) is 15.7. The Morgan fingerprint density at radius 1 is 1.19 bits per heavy atom. The monoisotopic (exact) mass is 383 g/mol. The minimum Gasteiger partial charge on any atom is -0.508 e. The van der Waals surface area contributed by atoms with E-state index in [0.29, 0.717) is 18.9 Å². The van der Waals surface area contributed by atoms with Crippen molar-refractivity contribution in [2.45, 2.75) is 39.0 Å². The van der Waals surface area contributed by atoms with Crippen LogP contribution in [0.5, 0.6) is 11.5 Å². The highest BCUT2D eigenvalue weighted by Crippen LogP contribution is 2.16. The number of amides is 2. The van der Waals surface area contributed by atoms with Gasteiger partial charge in [-0.25, -0.2) is 4.79 Å². The van der Waals surface area contributed by atoms with Gasteiger partial charge >= 0.3 is 12.0 Å². The molecule has 0 aliphatic rings. The molecule has 0 bridgehead atoms. The molecule has 2 unspecified atom stereocenters. The number of aliphatic hydroxyl groups is 1. The molecule has 1 rings (SSSR count). The molecular weight excluding hydrogens is 354 g/mol. The average molecular weight is 383 g/mol. The Morgan fingerprint density at radius 3 is 2.52 bits per heavy atom. The number of hydrogen-bond acceptors (Lipinski definition) is 7. The topological polar surface area (TPSA) is 129 Å². The molecule has 0 radical (unpaired) electrons. The molecule has 27 heavy (non-hydrogen) atoms. The van der Waals surface area contributed by atoms with E-state index in [2.05, 4.69) is 16.0 Å². The van der Waals surface area contributed by atoms with Crippen LogP contribution >= 0.6 is 0 Å². The van der Waals surface area contributed by atoms with Gasteiger partial charge in [0.15, 0.2) is 0 Å². The number of hydrogen-bond donors (Lipinski definition) is 5. The fourth-order valence-corrected chi connectivity index (χ4v) is 2.05. The molecule has 0 aromatic heterocycles. The van der Waals surface area contributed by atoms with Gasteiger partial charge in [-0.1, -0.05) is 20.3 Å². The Kier molecular flexibility index (Phi) is 10.7. The molecule has 1 aromatic carbocycles. The lowest BCUT2D eigenvalue weighted by Gasteiger charge is -2.25. The summed E-state index contributed by atoms with van der Waals surface area (Å²) < 4.78 is 10.4. The van der Waals surface area contributed by atoms with Crippen molar-refractivity contribution in [2.75, 3.05) is 26.3 Å². The first-order valence-corrected chi connectivity index (χ1v) is 8.99. The van der Waals surface area contributed by atoms with Gasteiger partial charge in [0.2, 0.25) is 0 Å². The minimum atomic E-state index is -1.04. The molecule has 0 aliphatic heterocycles. The number of carbonyl (C=O) groups is 2. The van der Waals surface area contributed by atoms with Crippen molar-refractivity contribution in [1.29, 1.82) is 0 Å². The molecule has 0 aliphatic carbocycles. The van der Waals surface area contributed by atoms with E-state index >= 15 is 0 Å². The maximum atomic E-state index is 11.9. The maximum Gasteiger partial charge on any atom is 0.325 e. The number of phenolic OH excluding ortho intramolecular Hbond substituents is 1. The first-order valence-electron chi connectivity index (χ1n) is 8.99. The van der Waals surface area contributed by atoms with Gasteiger partial charge in [0.1, 0.15) is 36.9 Å². The highest BCUT2D eigenvalue weighted by molar-refractivity contribution is 5.80. The van der Waals surface area contributed by atoms with Crippen LogP contribution < -0.4 is 20.7 Å². The maximum absolute atomic E-state index is 11.9. The smallest absolute Gasteiger partial charge is 0.325 e. The Hall–Kier alpha value is -2.52. The number of aromatic hydroxyl groups is 1. The van der Waals surface area contributed by atoms with Crippen molar-refractivity contribution in [3.05, 3.63) is 24.3 Å². The van der Waals surface area contributed by atoms with Crippen LogP contribution in [0.3, 0.4) is 0 Å². The molecule has 1 aromatic rings. The van der Waals surface area contributed by atoms with E-state index in [9.17, 15) is 19.8 Å². The fourth-order valence-electron chi connectivity index (χ4n) is 2.05. The molecule has 0 saturated carbocycles. The molecular formula is C18H29N3O6. The molecule has 5 N–H and O–H groups in total. The van der Waals surface area contributed by atoms with Crippen molar-refractivity contribution in [1.82, 2.24) is 16.0 Å². The summed E-state index contributed by atoms with van der Waals surface area (Å²) in [7, 11) is 0. The summed E-state index contributed by atoms with van der Waals surface area (Å²) in [6.07, 6.45) is -0.132. The van der Waals surface area contributed by atoms with Crippen molar-refractivity contribution in [2.24, 2.45) is 0 Å². The quantitative estimate of drug-likeness (QED) is 0.204. The first kappa shape index (κ1) is 22.5. The molecule has 0 fully saturated rings. The van der Waals surface area contributed by atoms with Gasteiger partial charge in [0, 0.05) is 0 Å². The molecule has 0 spiro atoms. The van der Waals surface area contributed by atoms with Gasteiger partial charge in [-0.15, -0.1) is 0 Å². The number of esters is 1. The lowest BCUT2D eigenvalue weighted by Crippen LogP contribution is -2.57. The van der Waals surface area contributed by atoms with Crippen molar-refractivity contribution < 1.29 is 29.3 Å². The van der Waals surface area contributed by atoms with Gasteiger partial charge in [0.25, 0.3) is 0 Å². The largest absolute Gasteiger partial charge is 0.508 e. The van der Waals surface area contributed by atoms with Crippen LogP contribution in [0.2, 0.25) is 0 Å². The normalized spacial score (nSPS) is 12.7. The van der Waals surface area contributed by atoms with Crippen molar-refractivity contribution in [3.8, 4) is 11.5 Å². The third kappa shape index (κ3) is 9.66. The molecule has 9 nitrogen and oxygen atoms in total. The summed E-state index contributed by atoms with van der Waals surface area (Å²) in [5.41, 5.74) is 0. The van der Waals surface area contributed by atoms with Crippen LogP contribution in [0.1, 0.15) is 26.7 Å². The van der Waals surface area contributed by atoms with Crippen molar-refractivity contribution >= 4 is 12.0 Å². The number of benzene rings is 1. The van der Waals surface area contributed by atoms with Gasteiger partial charge in [-0.05, 0) is 37.2 Å². The predicted molar refractivity (Wildman–Crippen MR) is 99.5 cm³/mol. The number of carbonyl (C=O) groups excluding carboxylic acids is 2. The van der Waals surface area contributed by atoms with Gasteiger partial charge in [-0.2, -0.15) is 0 Å². The Labute approximate surface area is 159 Å². The van der Waals surface area contributed by atoms with Gasteiger partial charge in [-0.3, -0.25) is 10.1 Å². The summed E-state index contributed by atoms with van der Waals surface area (Å²) in [6, 6.07) is 5.45. The van der Waals surface area contributed by atoms with E-state index in [1.807, 2.05) is 13.8 Å². The minimum absolute atomic E-state index is 0.0816. The zero-order chi connectivity index (χ0) is 20.1. The van der Waals surface area contributed by atoms with Crippen molar-refractivity contribution in [3.63, 3.8) is 0 Å². The van der Waals surface area contributed by atoms with Crippen LogP contribution in [-0.2, 0) is 9.53 Å². The molecule has 2 amide bonds. The van der Waals surface area contributed by atoms with E-state index in [-0.39, 0.29) is 18.9 Å². The number of urea groups is 1. The number of ether oxygens (including phenoxy) is 2. The average Bonchev–Trinajstić information content (AvgIpc) is 2.65. The molecule has 0 heterocycles. The Balaban J connectivity index is 2.40. The number of phenols is 1. The summed E-state index contributed by atoms with van der Waals surface area (Å²) in [6.45, 7) is 4.30. The molecule has 2 atom stereocenters. The van der Waals surface area contributed by atoms with E-state index in [1.54, 1.807) is 12.1 Å². The number of aliphatic hydroxyl groups excluding tert-OH is 1. The Morgan fingerprint density at radius 2 is 1.89 bits per heavy atom. The number of rotatable bonds is 12. The van der Waals surface area contributed by atoms with Crippen LogP contribution in [0.4, 0.5) is 4.79 Å². The van der Waals surface area contributed by atoms with Crippen LogP contribution in [0, 0.1) is 0 Å². The summed E-state index contributed by atoms with van der Waals surface area (Å²) in [5.74, 6) is 0.0659. The van der Waals surface area contributed by atoms with Crippen LogP contribution in [0.15, 0.2) is 24.3 Å². The summed E-state index contributed by atoms with van der Waals surface area (Å²) in [5, 5.41) is 27.4. The third-order valence-electron chi connectivity index (χ3n) is 3.51. The number of unbranched alkanes of at least 4 members (excludes halogenated alkanes) is 1. The second-order valence-electron chi connectivity index (χ2n) is 5.81. The fraction of sp³-hybridized carbons (Fsp3) is 0.556. The van der Waals surface area contributed by atoms with Gasteiger partial charge in [0.05, 0.1) is 6.61 Å².